The molecule has 6 heteroatoms. The van der Waals surface area contributed by atoms with E-state index in [1.165, 1.54) is 5.01 Å². The van der Waals surface area contributed by atoms with Crippen LogP contribution in [0.3, 0.4) is 0 Å². The number of nitrogens with one attached hydrogen (secondary N) is 1. The molecule has 3 rings (SSSR count). The molecule has 118 valence electrons. The van der Waals surface area contributed by atoms with E-state index in [9.17, 15) is 9.59 Å². The predicted octanol–water partition coefficient (Wildman–Crippen LogP) is 2.56. The monoisotopic (exact) mass is 327 g/mol. The van der Waals surface area contributed by atoms with E-state index in [1.54, 1.807) is 18.4 Å². The smallest absolute Gasteiger partial charge is 0.268 e. The third kappa shape index (κ3) is 3.48. The number of carbonyl (C=O) groups excluding carboxylic acids is 2. The fourth-order valence-electron chi connectivity index (χ4n) is 2.47. The molecule has 23 heavy (non-hydrogen) atoms. The maximum Gasteiger partial charge on any atom is 0.268 e. The first-order valence-electron chi connectivity index (χ1n) is 7.38. The number of amides is 2. The van der Waals surface area contributed by atoms with Crippen molar-refractivity contribution in [1.29, 1.82) is 0 Å². The lowest BCUT2D eigenvalue weighted by atomic mass is 10.0. The Kier molecular flexibility index (Phi) is 4.52. The molecular formula is C17H17N3O2S. The lowest BCUT2D eigenvalue weighted by Gasteiger charge is -2.22. The van der Waals surface area contributed by atoms with Crippen LogP contribution in [0.4, 0.5) is 0 Å². The van der Waals surface area contributed by atoms with Crippen molar-refractivity contribution < 1.29 is 9.59 Å². The van der Waals surface area contributed by atoms with Gasteiger partial charge in [-0.2, -0.15) is 5.10 Å². The molecule has 0 saturated heterocycles. The van der Waals surface area contributed by atoms with E-state index in [0.717, 1.165) is 10.4 Å². The van der Waals surface area contributed by atoms with E-state index in [0.29, 0.717) is 18.6 Å². The Bertz CT molecular complexity index is 726. The Hall–Kier alpha value is -2.47. The van der Waals surface area contributed by atoms with Gasteiger partial charge in [-0.1, -0.05) is 36.4 Å². The van der Waals surface area contributed by atoms with Crippen LogP contribution in [-0.2, 0) is 9.59 Å². The van der Waals surface area contributed by atoms with Crippen molar-refractivity contribution in [3.63, 3.8) is 0 Å². The van der Waals surface area contributed by atoms with Crippen molar-refractivity contribution >= 4 is 28.9 Å². The van der Waals surface area contributed by atoms with E-state index >= 15 is 0 Å². The zero-order valence-corrected chi connectivity index (χ0v) is 13.5. The molecule has 1 aliphatic rings. The fourth-order valence-corrected chi connectivity index (χ4v) is 3.27. The zero-order valence-electron chi connectivity index (χ0n) is 12.7. The van der Waals surface area contributed by atoms with Crippen molar-refractivity contribution in [2.24, 2.45) is 5.10 Å². The molecule has 0 fully saturated rings. The average molecular weight is 327 g/mol. The van der Waals surface area contributed by atoms with Gasteiger partial charge in [0, 0.05) is 24.8 Å². The summed E-state index contributed by atoms with van der Waals surface area (Å²) in [5, 5.41) is 10.4. The van der Waals surface area contributed by atoms with Crippen molar-refractivity contribution in [2.45, 2.75) is 18.9 Å². The normalized spacial score (nSPS) is 16.0. The number of carbonyl (C=O) groups is 2. The first kappa shape index (κ1) is 15.4. The first-order valence-corrected chi connectivity index (χ1v) is 8.26. The van der Waals surface area contributed by atoms with E-state index in [2.05, 4.69) is 10.4 Å². The Balaban J connectivity index is 1.83. The van der Waals surface area contributed by atoms with Crippen LogP contribution in [0.15, 0.2) is 52.9 Å². The summed E-state index contributed by atoms with van der Waals surface area (Å²) in [6.45, 7) is 0. The topological polar surface area (TPSA) is 61.8 Å². The van der Waals surface area contributed by atoms with Gasteiger partial charge in [0.05, 0.1) is 6.04 Å². The van der Waals surface area contributed by atoms with Crippen LogP contribution in [0.1, 0.15) is 29.3 Å². The third-order valence-electron chi connectivity index (χ3n) is 3.71. The Morgan fingerprint density at radius 1 is 1.22 bits per heavy atom. The standard InChI is InChI=1S/C17H17N3O2S/c1-20-15(21)10-9-13(19-20)17(22)18-16(14-8-5-11-23-14)12-6-3-2-4-7-12/h2-8,11,16H,9-10H2,1H3,(H,18,22)/t16-/m0/s1. The van der Waals surface area contributed by atoms with Crippen LogP contribution >= 0.6 is 11.3 Å². The van der Waals surface area contributed by atoms with Gasteiger partial charge in [0.2, 0.25) is 5.91 Å². The molecule has 1 atom stereocenters. The van der Waals surface area contributed by atoms with Gasteiger partial charge in [0.1, 0.15) is 5.71 Å². The summed E-state index contributed by atoms with van der Waals surface area (Å²) in [6, 6.07) is 13.6. The van der Waals surface area contributed by atoms with Crippen molar-refractivity contribution in [2.75, 3.05) is 7.05 Å². The predicted molar refractivity (Wildman–Crippen MR) is 90.2 cm³/mol. The molecule has 2 aromatic rings. The van der Waals surface area contributed by atoms with E-state index in [4.69, 9.17) is 0 Å². The van der Waals surface area contributed by atoms with E-state index in [-0.39, 0.29) is 17.9 Å². The highest BCUT2D eigenvalue weighted by Gasteiger charge is 2.25. The van der Waals surface area contributed by atoms with Crippen LogP contribution in [0.5, 0.6) is 0 Å². The minimum absolute atomic E-state index is 0.0700. The molecule has 0 radical (unpaired) electrons. The molecule has 1 aromatic carbocycles. The van der Waals surface area contributed by atoms with Gasteiger partial charge in [-0.15, -0.1) is 11.3 Å². The van der Waals surface area contributed by atoms with E-state index < -0.39 is 0 Å². The number of hydrogen-bond acceptors (Lipinski definition) is 4. The molecule has 0 saturated carbocycles. The highest BCUT2D eigenvalue weighted by molar-refractivity contribution is 7.10. The van der Waals surface area contributed by atoms with Crippen LogP contribution in [0, 0.1) is 0 Å². The van der Waals surface area contributed by atoms with Crippen molar-refractivity contribution in [3.05, 3.63) is 58.3 Å². The number of benzene rings is 1. The van der Waals surface area contributed by atoms with E-state index in [1.807, 2.05) is 47.8 Å². The van der Waals surface area contributed by atoms with Gasteiger partial charge in [0.15, 0.2) is 0 Å². The minimum atomic E-state index is -0.230. The molecule has 1 aliphatic heterocycles. The van der Waals surface area contributed by atoms with Crippen LogP contribution in [0.2, 0.25) is 0 Å². The molecular weight excluding hydrogens is 310 g/mol. The number of nitrogens with zero attached hydrogens (tertiary/aromatic N) is 2. The summed E-state index contributed by atoms with van der Waals surface area (Å²) in [7, 11) is 1.57. The van der Waals surface area contributed by atoms with Crippen LogP contribution in [-0.4, -0.2) is 29.6 Å². The Labute approximate surface area is 138 Å². The summed E-state index contributed by atoms with van der Waals surface area (Å²) >= 11 is 1.60. The highest BCUT2D eigenvalue weighted by Crippen LogP contribution is 2.26. The molecule has 0 spiro atoms. The number of hydrogen-bond donors (Lipinski definition) is 1. The van der Waals surface area contributed by atoms with Gasteiger partial charge >= 0.3 is 0 Å². The minimum Gasteiger partial charge on any atom is -0.339 e. The van der Waals surface area contributed by atoms with Gasteiger partial charge in [-0.25, -0.2) is 5.01 Å². The molecule has 0 bridgehead atoms. The Morgan fingerprint density at radius 3 is 2.65 bits per heavy atom. The van der Waals surface area contributed by atoms with Gasteiger partial charge in [0.25, 0.3) is 5.91 Å². The van der Waals surface area contributed by atoms with Crippen molar-refractivity contribution in [1.82, 2.24) is 10.3 Å². The summed E-state index contributed by atoms with van der Waals surface area (Å²) in [6.07, 6.45) is 0.693. The van der Waals surface area contributed by atoms with Gasteiger partial charge < -0.3 is 5.32 Å². The molecule has 5 nitrogen and oxygen atoms in total. The molecule has 2 heterocycles. The molecule has 0 aliphatic carbocycles. The number of rotatable bonds is 4. The molecule has 2 amide bonds. The lowest BCUT2D eigenvalue weighted by Crippen LogP contribution is -2.39. The summed E-state index contributed by atoms with van der Waals surface area (Å²) in [5.41, 5.74) is 1.41. The Morgan fingerprint density at radius 2 is 2.00 bits per heavy atom. The second-order valence-corrected chi connectivity index (χ2v) is 6.28. The average Bonchev–Trinajstić information content (AvgIpc) is 3.10. The third-order valence-corrected chi connectivity index (χ3v) is 4.64. The summed E-state index contributed by atoms with van der Waals surface area (Å²) in [4.78, 5) is 25.1. The number of hydrazone groups is 1. The van der Waals surface area contributed by atoms with Gasteiger partial charge in [-0.3, -0.25) is 9.59 Å². The number of thiophene rings is 1. The maximum absolute atomic E-state index is 12.6. The first-order chi connectivity index (χ1) is 11.1. The zero-order chi connectivity index (χ0) is 16.2. The SMILES string of the molecule is CN1N=C(C(=O)N[C@@H](c2ccccc2)c2cccs2)CCC1=O. The van der Waals surface area contributed by atoms with Crippen LogP contribution in [0.25, 0.3) is 0 Å². The maximum atomic E-state index is 12.6. The van der Waals surface area contributed by atoms with Crippen molar-refractivity contribution in [3.8, 4) is 0 Å². The quantitative estimate of drug-likeness (QED) is 0.938. The summed E-state index contributed by atoms with van der Waals surface area (Å²) < 4.78 is 0. The fraction of sp³-hybridized carbons (Fsp3) is 0.235. The molecule has 0 unspecified atom stereocenters. The highest BCUT2D eigenvalue weighted by atomic mass is 32.1. The second-order valence-electron chi connectivity index (χ2n) is 5.30. The molecule has 1 aromatic heterocycles. The summed E-state index contributed by atoms with van der Waals surface area (Å²) in [5.74, 6) is -0.300. The second kappa shape index (κ2) is 6.75. The van der Waals surface area contributed by atoms with Gasteiger partial charge in [-0.05, 0) is 17.0 Å². The largest absolute Gasteiger partial charge is 0.339 e. The molecule has 1 N–H and O–H groups in total. The van der Waals surface area contributed by atoms with Crippen LogP contribution < -0.4 is 5.32 Å². The lowest BCUT2D eigenvalue weighted by molar-refractivity contribution is -0.130.